The topological polar surface area (TPSA) is 40.5 Å². The highest BCUT2D eigenvalue weighted by Crippen LogP contribution is 2.32. The number of hydrogen-bond donors (Lipinski definition) is 1. The number of fused-ring (bicyclic) bond motifs is 1. The zero-order chi connectivity index (χ0) is 14.4. The Hall–Kier alpha value is -1.72. The van der Waals surface area contributed by atoms with Crippen LogP contribution in [0.15, 0.2) is 6.07 Å². The van der Waals surface area contributed by atoms with E-state index in [0.29, 0.717) is 17.5 Å². The van der Waals surface area contributed by atoms with Crippen molar-refractivity contribution in [3.05, 3.63) is 28.3 Å². The van der Waals surface area contributed by atoms with Crippen LogP contribution < -0.4 is 0 Å². The van der Waals surface area contributed by atoms with Crippen LogP contribution in [0.5, 0.6) is 5.75 Å². The first-order valence-corrected chi connectivity index (χ1v) is 5.89. The van der Waals surface area contributed by atoms with Gasteiger partial charge in [-0.1, -0.05) is 0 Å². The van der Waals surface area contributed by atoms with Crippen LogP contribution in [0, 0.1) is 13.8 Å². The summed E-state index contributed by atoms with van der Waals surface area (Å²) in [6.45, 7) is 3.40. The molecular weight excluding hydrogens is 259 g/mol. The fourth-order valence-corrected chi connectivity index (χ4v) is 2.45. The lowest BCUT2D eigenvalue weighted by Crippen LogP contribution is -2.44. The van der Waals surface area contributed by atoms with E-state index in [1.54, 1.807) is 19.9 Å². The average Bonchev–Trinajstić information content (AvgIpc) is 2.33. The first-order chi connectivity index (χ1) is 8.71. The lowest BCUT2D eigenvalue weighted by Gasteiger charge is -2.31. The van der Waals surface area contributed by atoms with E-state index in [1.807, 2.05) is 0 Å². The maximum absolute atomic E-state index is 12.4. The van der Waals surface area contributed by atoms with Crippen molar-refractivity contribution in [3.63, 3.8) is 0 Å². The van der Waals surface area contributed by atoms with E-state index in [-0.39, 0.29) is 18.8 Å². The molecule has 19 heavy (non-hydrogen) atoms. The maximum Gasteiger partial charge on any atom is 0.471 e. The summed E-state index contributed by atoms with van der Waals surface area (Å²) in [6.07, 6.45) is -4.47. The van der Waals surface area contributed by atoms with Crippen LogP contribution >= 0.6 is 0 Å². The van der Waals surface area contributed by atoms with E-state index in [0.717, 1.165) is 16.0 Å². The number of aryl methyl sites for hydroxylation is 1. The predicted octanol–water partition coefficient (Wildman–Crippen LogP) is 2.46. The number of halogens is 3. The van der Waals surface area contributed by atoms with Crippen LogP contribution in [-0.4, -0.2) is 28.6 Å². The Balaban J connectivity index is 2.37. The number of benzene rings is 1. The summed E-state index contributed by atoms with van der Waals surface area (Å²) in [6, 6.07) is 1.61. The third-order valence-corrected chi connectivity index (χ3v) is 3.54. The van der Waals surface area contributed by atoms with Crippen molar-refractivity contribution < 1.29 is 23.1 Å². The Labute approximate surface area is 108 Å². The molecule has 0 aliphatic carbocycles. The Morgan fingerprint density at radius 2 is 1.95 bits per heavy atom. The van der Waals surface area contributed by atoms with Gasteiger partial charge < -0.3 is 10.0 Å². The number of carbonyl (C=O) groups is 1. The molecular formula is C13H14F3NO2. The Morgan fingerprint density at radius 1 is 1.32 bits per heavy atom. The molecule has 0 saturated carbocycles. The molecule has 0 radical (unpaired) electrons. The summed E-state index contributed by atoms with van der Waals surface area (Å²) in [4.78, 5) is 12.0. The van der Waals surface area contributed by atoms with Gasteiger partial charge in [-0.2, -0.15) is 13.2 Å². The van der Waals surface area contributed by atoms with Gasteiger partial charge in [0, 0.05) is 13.1 Å². The molecule has 3 nitrogen and oxygen atoms in total. The molecule has 0 aromatic heterocycles. The number of phenols is 1. The van der Waals surface area contributed by atoms with Gasteiger partial charge in [-0.15, -0.1) is 0 Å². The van der Waals surface area contributed by atoms with Gasteiger partial charge in [-0.3, -0.25) is 4.79 Å². The van der Waals surface area contributed by atoms with Crippen molar-refractivity contribution in [2.75, 3.05) is 6.54 Å². The van der Waals surface area contributed by atoms with Gasteiger partial charge in [0.05, 0.1) is 0 Å². The molecule has 1 aliphatic rings. The largest absolute Gasteiger partial charge is 0.508 e. The zero-order valence-corrected chi connectivity index (χ0v) is 10.6. The number of alkyl halides is 3. The summed E-state index contributed by atoms with van der Waals surface area (Å²) in [7, 11) is 0. The summed E-state index contributed by atoms with van der Waals surface area (Å²) >= 11 is 0. The monoisotopic (exact) mass is 273 g/mol. The lowest BCUT2D eigenvalue weighted by atomic mass is 9.91. The molecule has 1 aliphatic heterocycles. The van der Waals surface area contributed by atoms with Crippen LogP contribution in [-0.2, 0) is 17.8 Å². The van der Waals surface area contributed by atoms with Gasteiger partial charge >= 0.3 is 12.1 Å². The van der Waals surface area contributed by atoms with E-state index < -0.39 is 12.1 Å². The smallest absolute Gasteiger partial charge is 0.471 e. The van der Waals surface area contributed by atoms with Crippen LogP contribution in [0.25, 0.3) is 0 Å². The Morgan fingerprint density at radius 3 is 2.53 bits per heavy atom. The van der Waals surface area contributed by atoms with Gasteiger partial charge in [0.1, 0.15) is 5.75 Å². The number of carbonyl (C=O) groups excluding carboxylic acids is 1. The molecule has 0 spiro atoms. The fraction of sp³-hybridized carbons (Fsp3) is 0.462. The minimum Gasteiger partial charge on any atom is -0.508 e. The second-order valence-electron chi connectivity index (χ2n) is 4.77. The van der Waals surface area contributed by atoms with E-state index in [1.165, 1.54) is 0 Å². The molecule has 1 aromatic rings. The van der Waals surface area contributed by atoms with Crippen LogP contribution in [0.4, 0.5) is 13.2 Å². The summed E-state index contributed by atoms with van der Waals surface area (Å²) < 4.78 is 37.3. The summed E-state index contributed by atoms with van der Waals surface area (Å²) in [5.41, 5.74) is 2.94. The van der Waals surface area contributed by atoms with Crippen molar-refractivity contribution in [1.29, 1.82) is 0 Å². The first-order valence-electron chi connectivity index (χ1n) is 5.89. The van der Waals surface area contributed by atoms with Gasteiger partial charge in [-0.05, 0) is 48.6 Å². The van der Waals surface area contributed by atoms with Crippen molar-refractivity contribution in [3.8, 4) is 5.75 Å². The van der Waals surface area contributed by atoms with E-state index in [2.05, 4.69) is 0 Å². The van der Waals surface area contributed by atoms with Crippen LogP contribution in [0.1, 0.15) is 22.3 Å². The van der Waals surface area contributed by atoms with Gasteiger partial charge in [-0.25, -0.2) is 0 Å². The maximum atomic E-state index is 12.4. The summed E-state index contributed by atoms with van der Waals surface area (Å²) in [5.74, 6) is -1.77. The second-order valence-corrected chi connectivity index (χ2v) is 4.77. The predicted molar refractivity (Wildman–Crippen MR) is 62.8 cm³/mol. The van der Waals surface area contributed by atoms with Crippen molar-refractivity contribution >= 4 is 5.91 Å². The molecule has 2 rings (SSSR count). The highest BCUT2D eigenvalue weighted by molar-refractivity contribution is 5.82. The third kappa shape index (κ3) is 2.39. The molecule has 104 valence electrons. The molecule has 0 bridgehead atoms. The SMILES string of the molecule is Cc1cc(O)c(C)c2c1CCN(C(=O)C(F)(F)F)C2. The zero-order valence-electron chi connectivity index (χ0n) is 10.6. The van der Waals surface area contributed by atoms with Crippen LogP contribution in [0.2, 0.25) is 0 Å². The highest BCUT2D eigenvalue weighted by Gasteiger charge is 2.43. The Bertz CT molecular complexity index is 538. The second kappa shape index (κ2) is 4.43. The summed E-state index contributed by atoms with van der Waals surface area (Å²) in [5, 5.41) is 9.72. The van der Waals surface area contributed by atoms with E-state index in [4.69, 9.17) is 0 Å². The molecule has 6 heteroatoms. The van der Waals surface area contributed by atoms with Crippen molar-refractivity contribution in [2.45, 2.75) is 33.0 Å². The minimum absolute atomic E-state index is 0.0520. The fourth-order valence-electron chi connectivity index (χ4n) is 2.45. The molecule has 1 heterocycles. The normalized spacial score (nSPS) is 15.3. The first kappa shape index (κ1) is 13.7. The number of aromatic hydroxyl groups is 1. The van der Waals surface area contributed by atoms with Gasteiger partial charge in [0.25, 0.3) is 0 Å². The molecule has 1 amide bonds. The highest BCUT2D eigenvalue weighted by atomic mass is 19.4. The van der Waals surface area contributed by atoms with Crippen molar-refractivity contribution in [2.24, 2.45) is 0 Å². The minimum atomic E-state index is -4.85. The number of phenolic OH excluding ortho intramolecular Hbond substituents is 1. The quantitative estimate of drug-likeness (QED) is 0.788. The molecule has 0 fully saturated rings. The third-order valence-electron chi connectivity index (χ3n) is 3.54. The average molecular weight is 273 g/mol. The molecule has 1 aromatic carbocycles. The standard InChI is InChI=1S/C13H14F3NO2/c1-7-5-11(18)8(2)10-6-17(4-3-9(7)10)12(19)13(14,15)16/h5,18H,3-4,6H2,1-2H3. The van der Waals surface area contributed by atoms with Gasteiger partial charge in [0.15, 0.2) is 0 Å². The van der Waals surface area contributed by atoms with Crippen molar-refractivity contribution in [1.82, 2.24) is 4.90 Å². The number of nitrogens with zero attached hydrogens (tertiary/aromatic N) is 1. The number of rotatable bonds is 0. The lowest BCUT2D eigenvalue weighted by molar-refractivity contribution is -0.186. The van der Waals surface area contributed by atoms with Crippen LogP contribution in [0.3, 0.4) is 0 Å². The number of hydrogen-bond acceptors (Lipinski definition) is 2. The van der Waals surface area contributed by atoms with E-state index in [9.17, 15) is 23.1 Å². The number of amides is 1. The molecule has 0 saturated heterocycles. The Kier molecular flexibility index (Phi) is 3.20. The molecule has 0 unspecified atom stereocenters. The van der Waals surface area contributed by atoms with Gasteiger partial charge in [0.2, 0.25) is 0 Å². The van der Waals surface area contributed by atoms with E-state index >= 15 is 0 Å². The molecule has 1 N–H and O–H groups in total. The molecule has 0 atom stereocenters.